The number of ether oxygens (including phenoxy) is 1. The molecule has 21 heavy (non-hydrogen) atoms. The summed E-state index contributed by atoms with van der Waals surface area (Å²) in [5.41, 5.74) is 0.537. The number of halogens is 1. The summed E-state index contributed by atoms with van der Waals surface area (Å²) < 4.78 is 18.3. The lowest BCUT2D eigenvalue weighted by Gasteiger charge is -2.10. The van der Waals surface area contributed by atoms with Gasteiger partial charge in [-0.05, 0) is 37.0 Å². The molecule has 0 radical (unpaired) electrons. The monoisotopic (exact) mass is 291 g/mol. The second-order valence-electron chi connectivity index (χ2n) is 5.04. The number of amides is 1. The fourth-order valence-electron chi connectivity index (χ4n) is 2.32. The number of hydrogen-bond acceptors (Lipinski definition) is 3. The molecular formula is C16H18FNO3. The predicted molar refractivity (Wildman–Crippen MR) is 76.1 cm³/mol. The van der Waals surface area contributed by atoms with Crippen molar-refractivity contribution in [1.82, 2.24) is 5.32 Å². The van der Waals surface area contributed by atoms with Gasteiger partial charge in [0, 0.05) is 18.5 Å². The number of benzene rings is 1. The van der Waals surface area contributed by atoms with Gasteiger partial charge in [0.2, 0.25) is 5.91 Å². The summed E-state index contributed by atoms with van der Waals surface area (Å²) in [6.07, 6.45) is 6.51. The van der Waals surface area contributed by atoms with Gasteiger partial charge in [-0.3, -0.25) is 4.79 Å². The quantitative estimate of drug-likeness (QED) is 0.670. The van der Waals surface area contributed by atoms with Crippen LogP contribution in [-0.4, -0.2) is 19.0 Å². The zero-order valence-corrected chi connectivity index (χ0v) is 11.9. The summed E-state index contributed by atoms with van der Waals surface area (Å²) in [7, 11) is 1.27. The lowest BCUT2D eigenvalue weighted by Crippen LogP contribution is -2.25. The Kier molecular flexibility index (Phi) is 5.09. The van der Waals surface area contributed by atoms with Gasteiger partial charge >= 0.3 is 5.97 Å². The van der Waals surface area contributed by atoms with Crippen LogP contribution in [0.5, 0.6) is 0 Å². The van der Waals surface area contributed by atoms with Crippen LogP contribution < -0.4 is 5.32 Å². The molecule has 0 heterocycles. The standard InChI is InChI=1S/C16H18FNO3/c1-21-16(20)12-6-7-14(17)13(9-12)10-18-15(19)8-11-4-2-3-5-11/h2,4,6-7,9,11H,3,5,8,10H2,1H3,(H,18,19). The van der Waals surface area contributed by atoms with Gasteiger partial charge < -0.3 is 10.1 Å². The molecule has 1 aliphatic carbocycles. The molecule has 0 saturated heterocycles. The fourth-order valence-corrected chi connectivity index (χ4v) is 2.32. The van der Waals surface area contributed by atoms with E-state index in [-0.39, 0.29) is 29.5 Å². The van der Waals surface area contributed by atoms with Crippen molar-refractivity contribution in [3.8, 4) is 0 Å². The van der Waals surface area contributed by atoms with Crippen LogP contribution in [0.4, 0.5) is 4.39 Å². The van der Waals surface area contributed by atoms with E-state index in [9.17, 15) is 14.0 Å². The molecule has 1 atom stereocenters. The molecule has 0 aliphatic heterocycles. The summed E-state index contributed by atoms with van der Waals surface area (Å²) in [5.74, 6) is -0.826. The number of carbonyl (C=O) groups excluding carboxylic acids is 2. The Morgan fingerprint density at radius 2 is 2.24 bits per heavy atom. The highest BCUT2D eigenvalue weighted by molar-refractivity contribution is 5.89. The molecule has 1 aromatic rings. The zero-order valence-electron chi connectivity index (χ0n) is 11.9. The topological polar surface area (TPSA) is 55.4 Å². The molecule has 1 unspecified atom stereocenters. The largest absolute Gasteiger partial charge is 0.465 e. The molecule has 2 rings (SSSR count). The minimum absolute atomic E-state index is 0.0614. The molecule has 4 nitrogen and oxygen atoms in total. The van der Waals surface area contributed by atoms with Gasteiger partial charge in [0.15, 0.2) is 0 Å². The second kappa shape index (κ2) is 7.02. The van der Waals surface area contributed by atoms with E-state index < -0.39 is 11.8 Å². The van der Waals surface area contributed by atoms with Gasteiger partial charge in [0.05, 0.1) is 12.7 Å². The van der Waals surface area contributed by atoms with Gasteiger partial charge in [0.25, 0.3) is 0 Å². The van der Waals surface area contributed by atoms with Gasteiger partial charge in [-0.1, -0.05) is 12.2 Å². The van der Waals surface area contributed by atoms with Gasteiger partial charge in [-0.25, -0.2) is 9.18 Å². The molecule has 5 heteroatoms. The van der Waals surface area contributed by atoms with Crippen LogP contribution >= 0.6 is 0 Å². The third kappa shape index (κ3) is 4.15. The molecule has 1 amide bonds. The third-order valence-electron chi connectivity index (χ3n) is 3.50. The van der Waals surface area contributed by atoms with E-state index in [1.807, 2.05) is 6.08 Å². The van der Waals surface area contributed by atoms with Crippen LogP contribution in [0.3, 0.4) is 0 Å². The third-order valence-corrected chi connectivity index (χ3v) is 3.50. The van der Waals surface area contributed by atoms with E-state index in [2.05, 4.69) is 16.1 Å². The summed E-state index contributed by atoms with van der Waals surface area (Å²) in [5, 5.41) is 2.69. The SMILES string of the molecule is COC(=O)c1ccc(F)c(CNC(=O)CC2C=CCC2)c1. The van der Waals surface area contributed by atoms with Crippen LogP contribution in [0.1, 0.15) is 35.2 Å². The first-order valence-corrected chi connectivity index (χ1v) is 6.90. The summed E-state index contributed by atoms with van der Waals surface area (Å²) >= 11 is 0. The van der Waals surface area contributed by atoms with Crippen molar-refractivity contribution in [2.24, 2.45) is 5.92 Å². The predicted octanol–water partition coefficient (Wildman–Crippen LogP) is 2.58. The maximum atomic E-state index is 13.7. The summed E-state index contributed by atoms with van der Waals surface area (Å²) in [4.78, 5) is 23.2. The van der Waals surface area contributed by atoms with E-state index in [0.717, 1.165) is 12.8 Å². The van der Waals surface area contributed by atoms with Crippen molar-refractivity contribution in [3.05, 3.63) is 47.3 Å². The molecule has 0 saturated carbocycles. The van der Waals surface area contributed by atoms with E-state index in [4.69, 9.17) is 0 Å². The first-order chi connectivity index (χ1) is 10.1. The normalized spacial score (nSPS) is 16.8. The first-order valence-electron chi connectivity index (χ1n) is 6.90. The summed E-state index contributed by atoms with van der Waals surface area (Å²) in [6.45, 7) is 0.0614. The fraction of sp³-hybridized carbons (Fsp3) is 0.375. The van der Waals surface area contributed by atoms with Crippen LogP contribution in [0.2, 0.25) is 0 Å². The van der Waals surface area contributed by atoms with Crippen molar-refractivity contribution in [2.75, 3.05) is 7.11 Å². The van der Waals surface area contributed by atoms with Crippen LogP contribution in [0, 0.1) is 11.7 Å². The molecule has 0 bridgehead atoms. The average Bonchev–Trinajstić information content (AvgIpc) is 2.98. The number of nitrogens with one attached hydrogen (secondary N) is 1. The number of rotatable bonds is 5. The van der Waals surface area contributed by atoms with Crippen molar-refractivity contribution < 1.29 is 18.7 Å². The highest BCUT2D eigenvalue weighted by Gasteiger charge is 2.15. The molecule has 112 valence electrons. The number of allylic oxidation sites excluding steroid dienone is 2. The second-order valence-corrected chi connectivity index (χ2v) is 5.04. The Balaban J connectivity index is 1.94. The van der Waals surface area contributed by atoms with Crippen molar-refractivity contribution in [3.63, 3.8) is 0 Å². The molecule has 1 aromatic carbocycles. The van der Waals surface area contributed by atoms with E-state index in [1.165, 1.54) is 25.3 Å². The number of carbonyl (C=O) groups is 2. The number of esters is 1. The van der Waals surface area contributed by atoms with Crippen LogP contribution in [0.15, 0.2) is 30.4 Å². The zero-order chi connectivity index (χ0) is 15.2. The molecular weight excluding hydrogens is 273 g/mol. The highest BCUT2D eigenvalue weighted by atomic mass is 19.1. The molecule has 0 aromatic heterocycles. The minimum Gasteiger partial charge on any atom is -0.465 e. The molecule has 1 N–H and O–H groups in total. The Morgan fingerprint density at radius 3 is 2.90 bits per heavy atom. The van der Waals surface area contributed by atoms with Crippen LogP contribution in [0.25, 0.3) is 0 Å². The van der Waals surface area contributed by atoms with Crippen molar-refractivity contribution in [1.29, 1.82) is 0 Å². The smallest absolute Gasteiger partial charge is 0.337 e. The molecule has 0 spiro atoms. The maximum Gasteiger partial charge on any atom is 0.337 e. The van der Waals surface area contributed by atoms with E-state index >= 15 is 0 Å². The van der Waals surface area contributed by atoms with Crippen molar-refractivity contribution >= 4 is 11.9 Å². The Labute approximate surface area is 123 Å². The van der Waals surface area contributed by atoms with Gasteiger partial charge in [-0.15, -0.1) is 0 Å². The van der Waals surface area contributed by atoms with Gasteiger partial charge in [-0.2, -0.15) is 0 Å². The first kappa shape index (κ1) is 15.2. The van der Waals surface area contributed by atoms with Crippen molar-refractivity contribution in [2.45, 2.75) is 25.8 Å². The highest BCUT2D eigenvalue weighted by Crippen LogP contribution is 2.20. The number of hydrogen-bond donors (Lipinski definition) is 1. The average molecular weight is 291 g/mol. The molecule has 0 fully saturated rings. The Hall–Kier alpha value is -2.17. The maximum absolute atomic E-state index is 13.7. The molecule has 1 aliphatic rings. The van der Waals surface area contributed by atoms with Crippen LogP contribution in [-0.2, 0) is 16.1 Å². The Morgan fingerprint density at radius 1 is 1.43 bits per heavy atom. The Bertz CT molecular complexity index is 569. The lowest BCUT2D eigenvalue weighted by molar-refractivity contribution is -0.121. The number of methoxy groups -OCH3 is 1. The van der Waals surface area contributed by atoms with E-state index in [1.54, 1.807) is 0 Å². The van der Waals surface area contributed by atoms with Gasteiger partial charge in [0.1, 0.15) is 5.82 Å². The minimum atomic E-state index is -0.529. The lowest BCUT2D eigenvalue weighted by atomic mass is 10.0. The van der Waals surface area contributed by atoms with E-state index in [0.29, 0.717) is 6.42 Å². The summed E-state index contributed by atoms with van der Waals surface area (Å²) in [6, 6.07) is 3.96.